The van der Waals surface area contributed by atoms with Crippen molar-refractivity contribution in [3.05, 3.63) is 59.6 Å². The molecule has 1 unspecified atom stereocenters. The van der Waals surface area contributed by atoms with E-state index in [1.54, 1.807) is 6.92 Å². The average molecular weight is 389 g/mol. The van der Waals surface area contributed by atoms with Crippen molar-refractivity contribution in [1.82, 2.24) is 20.4 Å². The minimum atomic E-state index is -0.151. The lowest BCUT2D eigenvalue weighted by Crippen LogP contribution is -2.37. The SMILES string of the molecule is Cc1onc(-c2ccccc2)c1C(=O)NC1CCN(c2nccc(C3CC3)n2)C1. The van der Waals surface area contributed by atoms with E-state index in [1.165, 1.54) is 12.8 Å². The van der Waals surface area contributed by atoms with Crippen LogP contribution in [0.1, 0.15) is 47.0 Å². The fraction of sp³-hybridized carbons (Fsp3) is 0.364. The zero-order valence-electron chi connectivity index (χ0n) is 16.3. The van der Waals surface area contributed by atoms with Crippen LogP contribution in [0.3, 0.4) is 0 Å². The summed E-state index contributed by atoms with van der Waals surface area (Å²) in [6.07, 6.45) is 5.14. The number of anilines is 1. The predicted molar refractivity (Wildman–Crippen MR) is 109 cm³/mol. The highest BCUT2D eigenvalue weighted by Crippen LogP contribution is 2.39. The van der Waals surface area contributed by atoms with Crippen molar-refractivity contribution in [1.29, 1.82) is 0 Å². The Bertz CT molecular complexity index is 1030. The van der Waals surface area contributed by atoms with Gasteiger partial charge in [0.2, 0.25) is 5.95 Å². The number of carbonyl (C=O) groups excluding carboxylic acids is 1. The molecule has 3 aromatic rings. The Morgan fingerprint density at radius 2 is 2.00 bits per heavy atom. The van der Waals surface area contributed by atoms with Crippen molar-refractivity contribution in [2.24, 2.45) is 0 Å². The van der Waals surface area contributed by atoms with Gasteiger partial charge in [-0.2, -0.15) is 0 Å². The van der Waals surface area contributed by atoms with Crippen molar-refractivity contribution in [2.45, 2.75) is 38.1 Å². The Kier molecular flexibility index (Phi) is 4.50. The summed E-state index contributed by atoms with van der Waals surface area (Å²) in [6, 6.07) is 11.7. The molecule has 1 aromatic carbocycles. The average Bonchev–Trinajstić information content (AvgIpc) is 3.38. The number of aromatic nitrogens is 3. The fourth-order valence-corrected chi connectivity index (χ4v) is 3.87. The van der Waals surface area contributed by atoms with Gasteiger partial charge >= 0.3 is 0 Å². The van der Waals surface area contributed by atoms with Crippen molar-refractivity contribution in [3.8, 4) is 11.3 Å². The van der Waals surface area contributed by atoms with Gasteiger partial charge in [0, 0.05) is 42.5 Å². The van der Waals surface area contributed by atoms with Gasteiger partial charge in [0.1, 0.15) is 17.0 Å². The summed E-state index contributed by atoms with van der Waals surface area (Å²) in [6.45, 7) is 3.30. The number of amides is 1. The summed E-state index contributed by atoms with van der Waals surface area (Å²) in [7, 11) is 0. The number of carbonyl (C=O) groups is 1. The molecule has 7 nitrogen and oxygen atoms in total. The number of nitrogens with one attached hydrogen (secondary N) is 1. The summed E-state index contributed by atoms with van der Waals surface area (Å²) in [5.74, 6) is 1.74. The molecular weight excluding hydrogens is 366 g/mol. The van der Waals surface area contributed by atoms with E-state index in [2.05, 4.69) is 20.4 Å². The highest BCUT2D eigenvalue weighted by Gasteiger charge is 2.30. The minimum Gasteiger partial charge on any atom is -0.360 e. The van der Waals surface area contributed by atoms with E-state index in [4.69, 9.17) is 9.51 Å². The first kappa shape index (κ1) is 17.8. The lowest BCUT2D eigenvalue weighted by atomic mass is 10.1. The summed E-state index contributed by atoms with van der Waals surface area (Å²) < 4.78 is 5.33. The van der Waals surface area contributed by atoms with Crippen LogP contribution in [0.5, 0.6) is 0 Å². The zero-order valence-corrected chi connectivity index (χ0v) is 16.3. The van der Waals surface area contributed by atoms with Gasteiger partial charge in [-0.1, -0.05) is 35.5 Å². The molecule has 1 amide bonds. The molecule has 1 atom stereocenters. The van der Waals surface area contributed by atoms with Gasteiger partial charge in [-0.3, -0.25) is 4.79 Å². The van der Waals surface area contributed by atoms with Crippen LogP contribution in [0.15, 0.2) is 47.1 Å². The number of nitrogens with zero attached hydrogens (tertiary/aromatic N) is 4. The number of hydrogen-bond donors (Lipinski definition) is 1. The summed E-state index contributed by atoms with van der Waals surface area (Å²) >= 11 is 0. The molecule has 0 radical (unpaired) electrons. The molecule has 1 N–H and O–H groups in total. The standard InChI is InChI=1S/C22H23N5O2/c1-14-19(20(26-29-14)16-5-3-2-4-6-16)21(28)24-17-10-12-27(13-17)22-23-11-9-18(25-22)15-7-8-15/h2-6,9,11,15,17H,7-8,10,12-13H2,1H3,(H,24,28). The predicted octanol–water partition coefficient (Wildman–Crippen LogP) is 3.33. The van der Waals surface area contributed by atoms with Crippen LogP contribution in [-0.2, 0) is 0 Å². The first-order valence-corrected chi connectivity index (χ1v) is 10.1. The van der Waals surface area contributed by atoms with E-state index in [9.17, 15) is 4.79 Å². The van der Waals surface area contributed by atoms with Crippen LogP contribution in [0.2, 0.25) is 0 Å². The van der Waals surface area contributed by atoms with Gasteiger partial charge in [0.25, 0.3) is 5.91 Å². The van der Waals surface area contributed by atoms with Crippen molar-refractivity contribution in [3.63, 3.8) is 0 Å². The smallest absolute Gasteiger partial charge is 0.257 e. The third kappa shape index (κ3) is 3.60. The molecule has 7 heteroatoms. The van der Waals surface area contributed by atoms with Crippen LogP contribution in [0.4, 0.5) is 5.95 Å². The van der Waals surface area contributed by atoms with E-state index in [0.717, 1.165) is 30.2 Å². The molecule has 0 bridgehead atoms. The molecule has 1 saturated heterocycles. The Balaban J connectivity index is 1.29. The minimum absolute atomic E-state index is 0.0357. The fourth-order valence-electron chi connectivity index (χ4n) is 3.87. The Morgan fingerprint density at radius 1 is 1.17 bits per heavy atom. The first-order valence-electron chi connectivity index (χ1n) is 10.1. The highest BCUT2D eigenvalue weighted by atomic mass is 16.5. The summed E-state index contributed by atoms with van der Waals surface area (Å²) in [5, 5.41) is 7.26. The van der Waals surface area contributed by atoms with E-state index in [0.29, 0.717) is 29.5 Å². The van der Waals surface area contributed by atoms with Crippen LogP contribution in [0, 0.1) is 6.92 Å². The van der Waals surface area contributed by atoms with Gasteiger partial charge in [0.15, 0.2) is 0 Å². The topological polar surface area (TPSA) is 84.2 Å². The number of benzene rings is 1. The van der Waals surface area contributed by atoms with Crippen molar-refractivity contribution < 1.29 is 9.32 Å². The summed E-state index contributed by atoms with van der Waals surface area (Å²) in [5.41, 5.74) is 3.08. The van der Waals surface area contributed by atoms with Crippen LogP contribution in [-0.4, -0.2) is 40.2 Å². The third-order valence-corrected chi connectivity index (χ3v) is 5.60. The summed E-state index contributed by atoms with van der Waals surface area (Å²) in [4.78, 5) is 24.3. The van der Waals surface area contributed by atoms with Gasteiger partial charge in [-0.25, -0.2) is 9.97 Å². The largest absolute Gasteiger partial charge is 0.360 e. The van der Waals surface area contributed by atoms with Gasteiger partial charge in [-0.05, 0) is 32.3 Å². The number of hydrogen-bond acceptors (Lipinski definition) is 6. The van der Waals surface area contributed by atoms with E-state index < -0.39 is 0 Å². The Morgan fingerprint density at radius 3 is 2.79 bits per heavy atom. The second kappa shape index (κ2) is 7.31. The molecular formula is C22H23N5O2. The number of aryl methyl sites for hydroxylation is 1. The maximum Gasteiger partial charge on any atom is 0.257 e. The molecule has 1 saturated carbocycles. The van der Waals surface area contributed by atoms with Crippen LogP contribution < -0.4 is 10.2 Å². The molecule has 2 fully saturated rings. The van der Waals surface area contributed by atoms with Gasteiger partial charge in [-0.15, -0.1) is 0 Å². The molecule has 5 rings (SSSR count). The van der Waals surface area contributed by atoms with E-state index in [1.807, 2.05) is 42.6 Å². The molecule has 1 aliphatic carbocycles. The van der Waals surface area contributed by atoms with Crippen LogP contribution in [0.25, 0.3) is 11.3 Å². The lowest BCUT2D eigenvalue weighted by molar-refractivity contribution is 0.0939. The quantitative estimate of drug-likeness (QED) is 0.721. The Labute approximate surface area is 169 Å². The highest BCUT2D eigenvalue weighted by molar-refractivity contribution is 6.01. The number of rotatable bonds is 5. The maximum absolute atomic E-state index is 13.0. The van der Waals surface area contributed by atoms with Gasteiger partial charge < -0.3 is 14.7 Å². The zero-order chi connectivity index (χ0) is 19.8. The molecule has 148 valence electrons. The first-order chi connectivity index (χ1) is 14.2. The van der Waals surface area contributed by atoms with Crippen LogP contribution >= 0.6 is 0 Å². The lowest BCUT2D eigenvalue weighted by Gasteiger charge is -2.17. The molecule has 29 heavy (non-hydrogen) atoms. The van der Waals surface area contributed by atoms with Crippen molar-refractivity contribution in [2.75, 3.05) is 18.0 Å². The maximum atomic E-state index is 13.0. The second-order valence-corrected chi connectivity index (χ2v) is 7.79. The molecule has 1 aliphatic heterocycles. The molecule has 2 aromatic heterocycles. The monoisotopic (exact) mass is 389 g/mol. The third-order valence-electron chi connectivity index (χ3n) is 5.60. The normalized spacial score (nSPS) is 18.8. The molecule has 2 aliphatic rings. The molecule has 0 spiro atoms. The van der Waals surface area contributed by atoms with E-state index >= 15 is 0 Å². The molecule has 3 heterocycles. The van der Waals surface area contributed by atoms with Crippen molar-refractivity contribution >= 4 is 11.9 Å². The Hall–Kier alpha value is -3.22. The van der Waals surface area contributed by atoms with E-state index in [-0.39, 0.29) is 11.9 Å². The van der Waals surface area contributed by atoms with Gasteiger partial charge in [0.05, 0.1) is 0 Å². The second-order valence-electron chi connectivity index (χ2n) is 7.79.